The smallest absolute Gasteiger partial charge is 0.382 e. The van der Waals surface area contributed by atoms with E-state index in [-0.39, 0.29) is 11.6 Å². The predicted molar refractivity (Wildman–Crippen MR) is 83.5 cm³/mol. The minimum atomic E-state index is -6.97. The number of alkyl halides is 10. The van der Waals surface area contributed by atoms with Crippen molar-refractivity contribution >= 4 is 11.5 Å². The Morgan fingerprint density at radius 3 is 1.83 bits per heavy atom. The van der Waals surface area contributed by atoms with Crippen LogP contribution >= 0.6 is 0 Å². The topological polar surface area (TPSA) is 29.1 Å². The zero-order chi connectivity index (χ0) is 22.8. The summed E-state index contributed by atoms with van der Waals surface area (Å²) >= 11 is 0. The van der Waals surface area contributed by atoms with Gasteiger partial charge >= 0.3 is 23.9 Å². The number of halogens is 10. The van der Waals surface area contributed by atoms with Crippen LogP contribution in [0.5, 0.6) is 0 Å². The van der Waals surface area contributed by atoms with Gasteiger partial charge in [-0.25, -0.2) is 4.39 Å². The third-order valence-electron chi connectivity index (χ3n) is 3.53. The lowest BCUT2D eigenvalue weighted by molar-refractivity contribution is -0.346. The van der Waals surface area contributed by atoms with Crippen molar-refractivity contribution in [3.63, 3.8) is 0 Å². The van der Waals surface area contributed by atoms with Crippen LogP contribution in [0.3, 0.4) is 0 Å². The molecule has 1 rings (SSSR count). The third-order valence-corrected chi connectivity index (χ3v) is 3.53. The van der Waals surface area contributed by atoms with Gasteiger partial charge in [0.2, 0.25) is 5.78 Å². The highest BCUT2D eigenvalue weighted by molar-refractivity contribution is 6.02. The zero-order valence-corrected chi connectivity index (χ0v) is 14.8. The maximum absolute atomic E-state index is 13.9. The Bertz CT molecular complexity index is 740. The molecule has 0 aliphatic carbocycles. The second-order valence-corrected chi connectivity index (χ2v) is 6.26. The fourth-order valence-electron chi connectivity index (χ4n) is 2.09. The third kappa shape index (κ3) is 5.02. The first-order chi connectivity index (χ1) is 13.0. The van der Waals surface area contributed by atoms with Crippen LogP contribution in [0.4, 0.5) is 43.9 Å². The Morgan fingerprint density at radius 2 is 1.41 bits per heavy atom. The molecule has 0 aliphatic rings. The number of nitrogens with one attached hydrogen (secondary N) is 1. The van der Waals surface area contributed by atoms with Crippen molar-refractivity contribution in [2.45, 2.75) is 50.0 Å². The van der Waals surface area contributed by atoms with Gasteiger partial charge < -0.3 is 5.32 Å². The highest BCUT2D eigenvalue weighted by Gasteiger charge is 2.80. The number of hydrogen-bond donors (Lipinski definition) is 1. The van der Waals surface area contributed by atoms with Crippen LogP contribution in [0.2, 0.25) is 0 Å². The number of allylic oxidation sites excluding steroid dienone is 1. The Kier molecular flexibility index (Phi) is 7.03. The van der Waals surface area contributed by atoms with Gasteiger partial charge in [0, 0.05) is 17.8 Å². The molecular formula is C17H15F10NO. The molecule has 1 aromatic rings. The lowest BCUT2D eigenvalue weighted by atomic mass is 9.95. The molecule has 0 saturated carbocycles. The lowest BCUT2D eigenvalue weighted by Gasteiger charge is -2.33. The second kappa shape index (κ2) is 8.23. The van der Waals surface area contributed by atoms with Gasteiger partial charge in [0.1, 0.15) is 0 Å². The lowest BCUT2D eigenvalue weighted by Crippen LogP contribution is -2.63. The Labute approximate surface area is 158 Å². The van der Waals surface area contributed by atoms with Crippen molar-refractivity contribution in [3.05, 3.63) is 42.0 Å². The van der Waals surface area contributed by atoms with E-state index in [1.165, 1.54) is 44.2 Å². The van der Waals surface area contributed by atoms with Crippen LogP contribution in [-0.2, 0) is 4.79 Å². The zero-order valence-electron chi connectivity index (χ0n) is 14.8. The van der Waals surface area contributed by atoms with Crippen LogP contribution in [0.25, 0.3) is 5.70 Å². The fraction of sp³-hybridized carbons (Fsp3) is 0.471. The van der Waals surface area contributed by atoms with Crippen LogP contribution < -0.4 is 5.32 Å². The molecular weight excluding hydrogens is 424 g/mol. The second-order valence-electron chi connectivity index (χ2n) is 6.26. The molecule has 12 heteroatoms. The van der Waals surface area contributed by atoms with E-state index >= 15 is 0 Å². The summed E-state index contributed by atoms with van der Waals surface area (Å²) in [6.45, 7) is 2.94. The van der Waals surface area contributed by atoms with Gasteiger partial charge in [-0.2, -0.15) is 39.5 Å². The van der Waals surface area contributed by atoms with E-state index in [2.05, 4.69) is 5.32 Å². The van der Waals surface area contributed by atoms with Crippen molar-refractivity contribution in [1.82, 2.24) is 5.32 Å². The highest BCUT2D eigenvalue weighted by atomic mass is 19.4. The predicted octanol–water partition coefficient (Wildman–Crippen LogP) is 5.40. The highest BCUT2D eigenvalue weighted by Crippen LogP contribution is 2.51. The van der Waals surface area contributed by atoms with E-state index in [0.29, 0.717) is 0 Å². The molecule has 164 valence electrons. The van der Waals surface area contributed by atoms with E-state index in [9.17, 15) is 48.7 Å². The molecule has 0 heterocycles. The average Bonchev–Trinajstić information content (AvgIpc) is 2.59. The van der Waals surface area contributed by atoms with Gasteiger partial charge in [-0.1, -0.05) is 30.3 Å². The Balaban J connectivity index is 3.40. The SMILES string of the molecule is CC(C)N/C(=C\C(=O)C(F)(F)C(F)(F)C(F)(F)C(F)C(F)(F)F)c1ccccc1. The maximum atomic E-state index is 13.9. The van der Waals surface area contributed by atoms with Gasteiger partial charge in [-0.3, -0.25) is 4.79 Å². The molecule has 0 spiro atoms. The molecule has 1 unspecified atom stereocenters. The molecule has 1 aromatic carbocycles. The monoisotopic (exact) mass is 439 g/mol. The van der Waals surface area contributed by atoms with E-state index in [1.54, 1.807) is 0 Å². The van der Waals surface area contributed by atoms with Gasteiger partial charge in [0.05, 0.1) is 0 Å². The van der Waals surface area contributed by atoms with Gasteiger partial charge in [-0.05, 0) is 19.4 Å². The van der Waals surface area contributed by atoms with Gasteiger partial charge in [0.15, 0.2) is 0 Å². The van der Waals surface area contributed by atoms with E-state index < -0.39 is 47.6 Å². The number of benzene rings is 1. The summed E-state index contributed by atoms with van der Waals surface area (Å²) in [7, 11) is 0. The summed E-state index contributed by atoms with van der Waals surface area (Å²) < 4.78 is 131. The van der Waals surface area contributed by atoms with Crippen molar-refractivity contribution in [2.75, 3.05) is 0 Å². The largest absolute Gasteiger partial charge is 0.425 e. The summed E-state index contributed by atoms with van der Waals surface area (Å²) in [5, 5.41) is 2.46. The molecule has 0 aliphatic heterocycles. The molecule has 0 fully saturated rings. The summed E-state index contributed by atoms with van der Waals surface area (Å²) in [4.78, 5) is 11.7. The van der Waals surface area contributed by atoms with Crippen molar-refractivity contribution in [1.29, 1.82) is 0 Å². The maximum Gasteiger partial charge on any atom is 0.425 e. The first-order valence-corrected chi connectivity index (χ1v) is 7.88. The Morgan fingerprint density at radius 1 is 0.931 bits per heavy atom. The normalized spacial score (nSPS) is 15.4. The minimum absolute atomic E-state index is 0.0269. The van der Waals surface area contributed by atoms with Crippen molar-refractivity contribution in [2.24, 2.45) is 0 Å². The molecule has 0 aromatic heterocycles. The minimum Gasteiger partial charge on any atom is -0.382 e. The van der Waals surface area contributed by atoms with Crippen LogP contribution in [0.15, 0.2) is 36.4 Å². The quantitative estimate of drug-likeness (QED) is 0.434. The first-order valence-electron chi connectivity index (χ1n) is 7.88. The average molecular weight is 439 g/mol. The van der Waals surface area contributed by atoms with Crippen LogP contribution in [0, 0.1) is 0 Å². The summed E-state index contributed by atoms with van der Waals surface area (Å²) in [6, 6.07) is 6.24. The van der Waals surface area contributed by atoms with Crippen LogP contribution in [-0.4, -0.2) is 41.9 Å². The van der Waals surface area contributed by atoms with E-state index in [4.69, 9.17) is 0 Å². The molecule has 2 nitrogen and oxygen atoms in total. The van der Waals surface area contributed by atoms with E-state index in [0.717, 1.165) is 0 Å². The molecule has 0 bridgehead atoms. The summed E-state index contributed by atoms with van der Waals surface area (Å²) in [5.41, 5.74) is -0.448. The van der Waals surface area contributed by atoms with Gasteiger partial charge in [0.25, 0.3) is 6.17 Å². The number of ketones is 1. The first kappa shape index (κ1) is 24.8. The molecule has 29 heavy (non-hydrogen) atoms. The Hall–Kier alpha value is -2.27. The molecule has 1 atom stereocenters. The van der Waals surface area contributed by atoms with Crippen molar-refractivity contribution < 1.29 is 48.7 Å². The number of carbonyl (C=O) groups is 1. The summed E-state index contributed by atoms with van der Waals surface area (Å²) in [6.07, 6.45) is -12.3. The molecule has 0 saturated heterocycles. The number of carbonyl (C=O) groups excluding carboxylic acids is 1. The van der Waals surface area contributed by atoms with Gasteiger partial charge in [-0.15, -0.1) is 0 Å². The summed E-state index contributed by atoms with van der Waals surface area (Å²) in [5.74, 6) is -23.1. The molecule has 0 amide bonds. The fourth-order valence-corrected chi connectivity index (χ4v) is 2.09. The van der Waals surface area contributed by atoms with E-state index in [1.807, 2.05) is 0 Å². The number of rotatable bonds is 8. The molecule has 0 radical (unpaired) electrons. The number of hydrogen-bond acceptors (Lipinski definition) is 2. The van der Waals surface area contributed by atoms with Crippen LogP contribution in [0.1, 0.15) is 19.4 Å². The van der Waals surface area contributed by atoms with Crippen molar-refractivity contribution in [3.8, 4) is 0 Å². The standard InChI is InChI=1S/C17H15F10NO/c1-9(2)28-11(10-6-4-3-5-7-10)8-12(29)14(19,20)17(26,27)15(21,22)13(18)16(23,24)25/h3-9,13,28H,1-2H3/b11-8-. The molecule has 1 N–H and O–H groups in total.